The van der Waals surface area contributed by atoms with E-state index in [9.17, 15) is 0 Å². The minimum Gasteiger partial charge on any atom is -0.0711 e. The third-order valence-electron chi connectivity index (χ3n) is 6.49. The molecule has 0 saturated heterocycles. The van der Waals surface area contributed by atoms with Crippen LogP contribution in [0, 0.1) is 5.92 Å². The van der Waals surface area contributed by atoms with Crippen molar-refractivity contribution in [2.75, 3.05) is 0 Å². The van der Waals surface area contributed by atoms with Crippen LogP contribution in [0.25, 0.3) is 0 Å². The second kappa shape index (κ2) is 9.96. The van der Waals surface area contributed by atoms with Gasteiger partial charge in [0.1, 0.15) is 6.71 Å². The van der Waals surface area contributed by atoms with E-state index in [0.717, 1.165) is 24.3 Å². The summed E-state index contributed by atoms with van der Waals surface area (Å²) in [4.78, 5) is 0. The van der Waals surface area contributed by atoms with Crippen molar-refractivity contribution in [1.82, 2.24) is 0 Å². The van der Waals surface area contributed by atoms with E-state index in [1.54, 1.807) is 32.0 Å². The summed E-state index contributed by atoms with van der Waals surface area (Å²) in [7, 11) is 0. The van der Waals surface area contributed by atoms with E-state index in [2.05, 4.69) is 13.8 Å². The Hall–Kier alpha value is 0.0649. The van der Waals surface area contributed by atoms with E-state index in [0.29, 0.717) is 0 Å². The van der Waals surface area contributed by atoms with Crippen LogP contribution in [0.3, 0.4) is 0 Å². The van der Waals surface area contributed by atoms with Gasteiger partial charge in [0.15, 0.2) is 0 Å². The zero-order valence-electron chi connectivity index (χ0n) is 14.9. The summed E-state index contributed by atoms with van der Waals surface area (Å²) in [5.41, 5.74) is 0. The zero-order chi connectivity index (χ0) is 14.9. The molecule has 2 rings (SSSR count). The third-order valence-corrected chi connectivity index (χ3v) is 6.49. The molecule has 0 nitrogen and oxygen atoms in total. The van der Waals surface area contributed by atoms with Crippen molar-refractivity contribution in [2.45, 2.75) is 122 Å². The normalized spacial score (nSPS) is 23.1. The number of hydrogen-bond donors (Lipinski definition) is 0. The van der Waals surface area contributed by atoms with E-state index in [4.69, 9.17) is 0 Å². The van der Waals surface area contributed by atoms with Crippen LogP contribution in [0.2, 0.25) is 18.0 Å². The van der Waals surface area contributed by atoms with Crippen molar-refractivity contribution in [2.24, 2.45) is 5.92 Å². The van der Waals surface area contributed by atoms with Crippen LogP contribution in [0.15, 0.2) is 0 Å². The lowest BCUT2D eigenvalue weighted by molar-refractivity contribution is 0.449. The van der Waals surface area contributed by atoms with Gasteiger partial charge >= 0.3 is 0 Å². The van der Waals surface area contributed by atoms with Crippen LogP contribution in [0.4, 0.5) is 0 Å². The fourth-order valence-corrected chi connectivity index (χ4v) is 5.22. The van der Waals surface area contributed by atoms with Crippen LogP contribution in [0.5, 0.6) is 0 Å². The summed E-state index contributed by atoms with van der Waals surface area (Å²) in [6, 6.07) is 0. The Kier molecular flexibility index (Phi) is 8.26. The van der Waals surface area contributed by atoms with Crippen LogP contribution in [-0.4, -0.2) is 6.71 Å². The monoisotopic (exact) mass is 290 g/mol. The highest BCUT2D eigenvalue weighted by molar-refractivity contribution is 6.62. The first-order valence-corrected chi connectivity index (χ1v) is 10.3. The Balaban J connectivity index is 1.87. The smallest absolute Gasteiger partial charge is 0.0711 e. The maximum Gasteiger partial charge on any atom is 0.146 e. The molecule has 1 unspecified atom stereocenters. The van der Waals surface area contributed by atoms with Crippen molar-refractivity contribution >= 4 is 6.71 Å². The van der Waals surface area contributed by atoms with Crippen LogP contribution in [0.1, 0.15) is 104 Å². The van der Waals surface area contributed by atoms with Gasteiger partial charge in [-0.2, -0.15) is 0 Å². The van der Waals surface area contributed by atoms with Crippen LogP contribution < -0.4 is 0 Å². The first kappa shape index (κ1) is 17.4. The van der Waals surface area contributed by atoms with Gasteiger partial charge in [0.2, 0.25) is 0 Å². The molecule has 2 aliphatic rings. The molecule has 0 N–H and O–H groups in total. The van der Waals surface area contributed by atoms with E-state index < -0.39 is 0 Å². The Morgan fingerprint density at radius 1 is 0.810 bits per heavy atom. The van der Waals surface area contributed by atoms with Gasteiger partial charge in [-0.15, -0.1) is 0 Å². The highest BCUT2D eigenvalue weighted by atomic mass is 14.2. The lowest BCUT2D eigenvalue weighted by Crippen LogP contribution is -2.31. The lowest BCUT2D eigenvalue weighted by atomic mass is 9.28. The standard InChI is InChI=1S/C20H39B/c1-3-4-7-12-18(2)17-21(19-13-8-5-9-14-19)20-15-10-6-11-16-20/h18-20H,3-17H2,1-2H3. The average Bonchev–Trinajstić information content (AvgIpc) is 2.54. The summed E-state index contributed by atoms with van der Waals surface area (Å²) in [5, 5.41) is 0. The molecule has 0 bridgehead atoms. The Bertz CT molecular complexity index is 233. The largest absolute Gasteiger partial charge is 0.146 e. The Morgan fingerprint density at radius 3 is 1.81 bits per heavy atom. The van der Waals surface area contributed by atoms with Gasteiger partial charge in [0.05, 0.1) is 0 Å². The predicted octanol–water partition coefficient (Wildman–Crippen LogP) is 7.37. The molecule has 0 amide bonds. The van der Waals surface area contributed by atoms with Crippen LogP contribution in [-0.2, 0) is 0 Å². The molecule has 0 aromatic heterocycles. The second-order valence-electron chi connectivity index (χ2n) is 8.30. The quantitative estimate of drug-likeness (QED) is 0.323. The summed E-state index contributed by atoms with van der Waals surface area (Å²) in [6.45, 7) is 5.97. The third kappa shape index (κ3) is 5.99. The van der Waals surface area contributed by atoms with Crippen molar-refractivity contribution in [3.05, 3.63) is 0 Å². The molecular weight excluding hydrogens is 251 g/mol. The highest BCUT2D eigenvalue weighted by Gasteiger charge is 2.34. The lowest BCUT2D eigenvalue weighted by Gasteiger charge is -2.37. The maximum atomic E-state index is 2.55. The van der Waals surface area contributed by atoms with Gasteiger partial charge in [0.25, 0.3) is 0 Å². The van der Waals surface area contributed by atoms with Crippen molar-refractivity contribution in [3.63, 3.8) is 0 Å². The van der Waals surface area contributed by atoms with Gasteiger partial charge in [-0.05, 0) is 0 Å². The van der Waals surface area contributed by atoms with Gasteiger partial charge < -0.3 is 0 Å². The van der Waals surface area contributed by atoms with E-state index >= 15 is 0 Å². The molecule has 2 saturated carbocycles. The maximum absolute atomic E-state index is 2.55. The van der Waals surface area contributed by atoms with Gasteiger partial charge in [-0.25, -0.2) is 0 Å². The predicted molar refractivity (Wildman–Crippen MR) is 97.5 cm³/mol. The Labute approximate surface area is 134 Å². The molecule has 1 atom stereocenters. The minimum absolute atomic E-state index is 0.977. The van der Waals surface area contributed by atoms with Gasteiger partial charge in [0, 0.05) is 0 Å². The molecule has 2 fully saturated rings. The SMILES string of the molecule is CCCCCC(C)CB(C1CCCCC1)C1CCCCC1. The Morgan fingerprint density at radius 2 is 1.33 bits per heavy atom. The molecule has 2 aliphatic carbocycles. The molecule has 0 aromatic carbocycles. The van der Waals surface area contributed by atoms with E-state index in [-0.39, 0.29) is 0 Å². The summed E-state index contributed by atoms with van der Waals surface area (Å²) < 4.78 is 0. The highest BCUT2D eigenvalue weighted by Crippen LogP contribution is 2.44. The molecule has 0 spiro atoms. The van der Waals surface area contributed by atoms with Crippen molar-refractivity contribution in [1.29, 1.82) is 0 Å². The van der Waals surface area contributed by atoms with E-state index in [1.165, 1.54) is 64.2 Å². The summed E-state index contributed by atoms with van der Waals surface area (Å²) >= 11 is 0. The number of unbranched alkanes of at least 4 members (excludes halogenated alkanes) is 2. The van der Waals surface area contributed by atoms with Crippen LogP contribution >= 0.6 is 0 Å². The van der Waals surface area contributed by atoms with Gasteiger partial charge in [-0.1, -0.05) is 128 Å². The molecular formula is C20H39B. The minimum atomic E-state index is 0.977. The summed E-state index contributed by atoms with van der Waals surface area (Å²) in [5.74, 6) is 3.16. The molecule has 0 radical (unpaired) electrons. The first-order chi connectivity index (χ1) is 10.3. The van der Waals surface area contributed by atoms with Crippen molar-refractivity contribution < 1.29 is 0 Å². The molecule has 122 valence electrons. The number of hydrogen-bond acceptors (Lipinski definition) is 0. The fraction of sp³-hybridized carbons (Fsp3) is 1.00. The molecule has 0 heterocycles. The fourth-order valence-electron chi connectivity index (χ4n) is 5.22. The van der Waals surface area contributed by atoms with E-state index in [1.807, 2.05) is 0 Å². The molecule has 0 aromatic rings. The molecule has 21 heavy (non-hydrogen) atoms. The van der Waals surface area contributed by atoms with Gasteiger partial charge in [-0.3, -0.25) is 0 Å². The topological polar surface area (TPSA) is 0 Å². The summed E-state index contributed by atoms with van der Waals surface area (Å²) in [6.07, 6.45) is 22.7. The molecule has 0 aliphatic heterocycles. The number of rotatable bonds is 8. The first-order valence-electron chi connectivity index (χ1n) is 10.3. The average molecular weight is 290 g/mol. The molecule has 1 heteroatoms. The van der Waals surface area contributed by atoms with Crippen molar-refractivity contribution in [3.8, 4) is 0 Å². The zero-order valence-corrected chi connectivity index (χ0v) is 14.9. The second-order valence-corrected chi connectivity index (χ2v) is 8.30.